The molecule has 0 aliphatic heterocycles. The molecule has 2 aliphatic carbocycles. The molecular formula is C11H18N2OS. The predicted octanol–water partition coefficient (Wildman–Crippen LogP) is 1.22. The van der Waals surface area contributed by atoms with Crippen molar-refractivity contribution < 1.29 is 4.79 Å². The third kappa shape index (κ3) is 1.87. The van der Waals surface area contributed by atoms with E-state index >= 15 is 0 Å². The molecule has 2 fully saturated rings. The number of nitrogens with one attached hydrogen (secondary N) is 1. The van der Waals surface area contributed by atoms with Crippen LogP contribution in [0.4, 0.5) is 0 Å². The first-order valence-corrected chi connectivity index (χ1v) is 5.87. The van der Waals surface area contributed by atoms with Gasteiger partial charge in [0.15, 0.2) is 0 Å². The molecule has 3 nitrogen and oxygen atoms in total. The summed E-state index contributed by atoms with van der Waals surface area (Å²) in [6.45, 7) is 5.23. The summed E-state index contributed by atoms with van der Waals surface area (Å²) in [6, 6.07) is 0. The van der Waals surface area contributed by atoms with Gasteiger partial charge in [-0.1, -0.05) is 26.1 Å². The van der Waals surface area contributed by atoms with Crippen molar-refractivity contribution in [3.63, 3.8) is 0 Å². The van der Waals surface area contributed by atoms with Crippen LogP contribution in [0.5, 0.6) is 0 Å². The molecular weight excluding hydrogens is 208 g/mol. The van der Waals surface area contributed by atoms with Crippen molar-refractivity contribution in [3.05, 3.63) is 0 Å². The van der Waals surface area contributed by atoms with Gasteiger partial charge in [0.05, 0.1) is 10.4 Å². The van der Waals surface area contributed by atoms with Crippen LogP contribution >= 0.6 is 12.2 Å². The Morgan fingerprint density at radius 2 is 2.07 bits per heavy atom. The van der Waals surface area contributed by atoms with Crippen molar-refractivity contribution in [1.82, 2.24) is 5.32 Å². The van der Waals surface area contributed by atoms with Crippen LogP contribution in [0.25, 0.3) is 0 Å². The summed E-state index contributed by atoms with van der Waals surface area (Å²) in [4.78, 5) is 12.2. The van der Waals surface area contributed by atoms with E-state index in [1.807, 2.05) is 0 Å². The number of hydrogen-bond acceptors (Lipinski definition) is 2. The fraction of sp³-hybridized carbons (Fsp3) is 0.818. The molecule has 0 bridgehead atoms. The highest BCUT2D eigenvalue weighted by Crippen LogP contribution is 2.51. The lowest BCUT2D eigenvalue weighted by Crippen LogP contribution is -2.40. The Morgan fingerprint density at radius 3 is 2.40 bits per heavy atom. The van der Waals surface area contributed by atoms with E-state index in [1.165, 1.54) is 6.42 Å². The Balaban J connectivity index is 1.81. The SMILES string of the molecule is CC1(C)CC1CNC(=O)C1(C(N)=S)CC1. The lowest BCUT2D eigenvalue weighted by atomic mass is 10.1. The maximum atomic E-state index is 11.8. The molecule has 0 aromatic carbocycles. The lowest BCUT2D eigenvalue weighted by molar-refractivity contribution is -0.124. The van der Waals surface area contributed by atoms with E-state index in [4.69, 9.17) is 18.0 Å². The van der Waals surface area contributed by atoms with Gasteiger partial charge in [-0.3, -0.25) is 4.79 Å². The summed E-state index contributed by atoms with van der Waals surface area (Å²) in [7, 11) is 0. The van der Waals surface area contributed by atoms with Gasteiger partial charge in [-0.15, -0.1) is 0 Å². The van der Waals surface area contributed by atoms with Crippen LogP contribution in [0.2, 0.25) is 0 Å². The Hall–Kier alpha value is -0.640. The Morgan fingerprint density at radius 1 is 1.53 bits per heavy atom. The zero-order valence-electron chi connectivity index (χ0n) is 9.30. The largest absolute Gasteiger partial charge is 0.392 e. The third-order valence-electron chi connectivity index (χ3n) is 3.88. The second kappa shape index (κ2) is 3.17. The average molecular weight is 226 g/mol. The summed E-state index contributed by atoms with van der Waals surface area (Å²) in [5, 5.41) is 2.98. The molecule has 0 aromatic rings. The van der Waals surface area contributed by atoms with E-state index in [9.17, 15) is 4.79 Å². The Kier molecular flexibility index (Phi) is 2.30. The first-order chi connectivity index (χ1) is 6.88. The van der Waals surface area contributed by atoms with Gasteiger partial charge < -0.3 is 11.1 Å². The number of carbonyl (C=O) groups is 1. The van der Waals surface area contributed by atoms with E-state index in [0.717, 1.165) is 19.4 Å². The van der Waals surface area contributed by atoms with Crippen molar-refractivity contribution in [3.8, 4) is 0 Å². The second-order valence-electron chi connectivity index (χ2n) is 5.55. The van der Waals surface area contributed by atoms with Gasteiger partial charge >= 0.3 is 0 Å². The highest BCUT2D eigenvalue weighted by Gasteiger charge is 2.53. The Labute approximate surface area is 95.8 Å². The summed E-state index contributed by atoms with van der Waals surface area (Å²) >= 11 is 4.93. The zero-order chi connectivity index (χ0) is 11.3. The van der Waals surface area contributed by atoms with Gasteiger partial charge in [-0.2, -0.15) is 0 Å². The third-order valence-corrected chi connectivity index (χ3v) is 4.27. The maximum absolute atomic E-state index is 11.8. The van der Waals surface area contributed by atoms with E-state index in [1.54, 1.807) is 0 Å². The van der Waals surface area contributed by atoms with E-state index in [2.05, 4.69) is 19.2 Å². The van der Waals surface area contributed by atoms with Crippen molar-refractivity contribution in [2.75, 3.05) is 6.54 Å². The van der Waals surface area contributed by atoms with E-state index in [-0.39, 0.29) is 5.91 Å². The van der Waals surface area contributed by atoms with Gasteiger partial charge in [-0.05, 0) is 30.6 Å². The molecule has 84 valence electrons. The minimum absolute atomic E-state index is 0.0395. The fourth-order valence-electron chi connectivity index (χ4n) is 2.02. The molecule has 1 unspecified atom stereocenters. The molecule has 2 aliphatic rings. The summed E-state index contributed by atoms with van der Waals surface area (Å²) in [6.07, 6.45) is 2.85. The molecule has 1 atom stereocenters. The molecule has 4 heteroatoms. The predicted molar refractivity (Wildman–Crippen MR) is 63.4 cm³/mol. The van der Waals surface area contributed by atoms with E-state index < -0.39 is 5.41 Å². The van der Waals surface area contributed by atoms with Gasteiger partial charge in [0.2, 0.25) is 5.91 Å². The first kappa shape index (κ1) is 10.9. The molecule has 2 rings (SSSR count). The van der Waals surface area contributed by atoms with Crippen LogP contribution in [0, 0.1) is 16.7 Å². The summed E-state index contributed by atoms with van der Waals surface area (Å²) < 4.78 is 0. The molecule has 3 N–H and O–H groups in total. The number of carbonyl (C=O) groups excluding carboxylic acids is 1. The van der Waals surface area contributed by atoms with Crippen molar-refractivity contribution in [1.29, 1.82) is 0 Å². The summed E-state index contributed by atoms with van der Waals surface area (Å²) in [5.41, 5.74) is 5.50. The standard InChI is InChI=1S/C11H18N2OS/c1-10(2)5-7(10)6-13-9(14)11(3-4-11)8(12)15/h7H,3-6H2,1-2H3,(H2,12,15)(H,13,14). The number of nitrogens with two attached hydrogens (primary N) is 1. The molecule has 15 heavy (non-hydrogen) atoms. The number of hydrogen-bond donors (Lipinski definition) is 2. The Bertz CT molecular complexity index is 321. The number of amides is 1. The molecule has 0 spiro atoms. The van der Waals surface area contributed by atoms with Crippen LogP contribution in [-0.4, -0.2) is 17.4 Å². The van der Waals surface area contributed by atoms with Crippen molar-refractivity contribution in [2.24, 2.45) is 22.5 Å². The van der Waals surface area contributed by atoms with Crippen molar-refractivity contribution >= 4 is 23.1 Å². The van der Waals surface area contributed by atoms with Crippen LogP contribution < -0.4 is 11.1 Å². The fourth-order valence-corrected chi connectivity index (χ4v) is 2.32. The number of thiocarbonyl (C=S) groups is 1. The molecule has 0 aromatic heterocycles. The second-order valence-corrected chi connectivity index (χ2v) is 5.99. The van der Waals surface area contributed by atoms with Crippen LogP contribution in [0.15, 0.2) is 0 Å². The van der Waals surface area contributed by atoms with Crippen LogP contribution in [0.3, 0.4) is 0 Å². The van der Waals surface area contributed by atoms with Gasteiger partial charge in [-0.25, -0.2) is 0 Å². The zero-order valence-corrected chi connectivity index (χ0v) is 10.1. The topological polar surface area (TPSA) is 55.1 Å². The minimum Gasteiger partial charge on any atom is -0.392 e. The van der Waals surface area contributed by atoms with Gasteiger partial charge in [0.1, 0.15) is 0 Å². The van der Waals surface area contributed by atoms with E-state index in [0.29, 0.717) is 16.3 Å². The average Bonchev–Trinajstić information content (AvgIpc) is 2.98. The van der Waals surface area contributed by atoms with Crippen LogP contribution in [0.1, 0.15) is 33.1 Å². The van der Waals surface area contributed by atoms with Gasteiger partial charge in [0, 0.05) is 6.54 Å². The lowest BCUT2D eigenvalue weighted by Gasteiger charge is -2.13. The molecule has 0 heterocycles. The molecule has 1 amide bonds. The highest BCUT2D eigenvalue weighted by atomic mass is 32.1. The first-order valence-electron chi connectivity index (χ1n) is 5.47. The monoisotopic (exact) mass is 226 g/mol. The number of rotatable bonds is 4. The molecule has 2 saturated carbocycles. The van der Waals surface area contributed by atoms with Gasteiger partial charge in [0.25, 0.3) is 0 Å². The smallest absolute Gasteiger partial charge is 0.233 e. The maximum Gasteiger partial charge on any atom is 0.233 e. The summed E-state index contributed by atoms with van der Waals surface area (Å²) in [5.74, 6) is 0.668. The molecule has 0 saturated heterocycles. The van der Waals surface area contributed by atoms with Crippen molar-refractivity contribution in [2.45, 2.75) is 33.1 Å². The normalized spacial score (nSPS) is 29.3. The molecule has 0 radical (unpaired) electrons. The highest BCUT2D eigenvalue weighted by molar-refractivity contribution is 7.80. The quantitative estimate of drug-likeness (QED) is 0.709. The minimum atomic E-state index is -0.492. The van der Waals surface area contributed by atoms with Crippen LogP contribution in [-0.2, 0) is 4.79 Å².